The van der Waals surface area contributed by atoms with E-state index in [1.54, 1.807) is 20.7 Å². The molecule has 0 aromatic carbocycles. The summed E-state index contributed by atoms with van der Waals surface area (Å²) < 4.78 is 4.66. The van der Waals surface area contributed by atoms with Gasteiger partial charge in [0.15, 0.2) is 10.8 Å². The van der Waals surface area contributed by atoms with Gasteiger partial charge in [0.2, 0.25) is 5.95 Å². The van der Waals surface area contributed by atoms with Gasteiger partial charge in [0.25, 0.3) is 0 Å². The van der Waals surface area contributed by atoms with Crippen molar-refractivity contribution >= 4 is 32.8 Å². The molecule has 3 heterocycles. The number of hydrogen-bond acceptors (Lipinski definition) is 6. The lowest BCUT2D eigenvalue weighted by Gasteiger charge is -1.94. The number of aryl methyl sites for hydroxylation is 4. The van der Waals surface area contributed by atoms with E-state index in [4.69, 9.17) is 0 Å². The van der Waals surface area contributed by atoms with Gasteiger partial charge in [-0.05, 0) is 6.92 Å². The first-order valence-electron chi connectivity index (χ1n) is 6.05. The van der Waals surface area contributed by atoms with E-state index in [1.807, 2.05) is 21.0 Å². The fourth-order valence-corrected chi connectivity index (χ4v) is 2.94. The molecule has 1 N–H and O–H groups in total. The van der Waals surface area contributed by atoms with E-state index in [2.05, 4.69) is 32.4 Å². The van der Waals surface area contributed by atoms with Crippen LogP contribution in [0.15, 0.2) is 0 Å². The Balaban J connectivity index is 1.94. The third kappa shape index (κ3) is 1.97. The maximum Gasteiger partial charge on any atom is 0.248 e. The predicted octanol–water partition coefficient (Wildman–Crippen LogP) is 1.77. The largest absolute Gasteiger partial charge is 0.299 e. The predicted molar refractivity (Wildman–Crippen MR) is 74.8 cm³/mol. The summed E-state index contributed by atoms with van der Waals surface area (Å²) >= 11 is 1.57. The zero-order chi connectivity index (χ0) is 13.6. The molecule has 0 radical (unpaired) electrons. The highest BCUT2D eigenvalue weighted by Crippen LogP contribution is 2.29. The molecule has 0 fully saturated rings. The molecular weight excluding hydrogens is 262 g/mol. The van der Waals surface area contributed by atoms with E-state index in [1.165, 1.54) is 0 Å². The summed E-state index contributed by atoms with van der Waals surface area (Å²) in [7, 11) is 3.79. The van der Waals surface area contributed by atoms with E-state index in [9.17, 15) is 0 Å². The molecule has 7 nitrogen and oxygen atoms in total. The number of hydrogen-bond donors (Lipinski definition) is 1. The summed E-state index contributed by atoms with van der Waals surface area (Å²) in [4.78, 5) is 8.92. The molecule has 3 rings (SSSR count). The Kier molecular flexibility index (Phi) is 2.74. The number of nitrogens with one attached hydrogen (secondary N) is 1. The first-order chi connectivity index (χ1) is 9.08. The van der Waals surface area contributed by atoms with Crippen molar-refractivity contribution in [3.05, 3.63) is 11.5 Å². The van der Waals surface area contributed by atoms with Crippen LogP contribution in [0.2, 0.25) is 0 Å². The molecule has 0 spiro atoms. The summed E-state index contributed by atoms with van der Waals surface area (Å²) in [6, 6.07) is 0. The first-order valence-corrected chi connectivity index (χ1v) is 6.87. The Morgan fingerprint density at radius 2 is 1.95 bits per heavy atom. The minimum absolute atomic E-state index is 0.587. The number of rotatable bonds is 3. The van der Waals surface area contributed by atoms with Crippen LogP contribution in [0.4, 0.5) is 11.1 Å². The summed E-state index contributed by atoms with van der Waals surface area (Å²) in [6.07, 6.45) is 0.855. The van der Waals surface area contributed by atoms with Crippen LogP contribution in [0.1, 0.15) is 18.4 Å². The molecule has 0 unspecified atom stereocenters. The zero-order valence-electron chi connectivity index (χ0n) is 11.3. The highest BCUT2D eigenvalue weighted by Gasteiger charge is 2.13. The van der Waals surface area contributed by atoms with Gasteiger partial charge in [-0.3, -0.25) is 10.00 Å². The van der Waals surface area contributed by atoms with E-state index in [-0.39, 0.29) is 0 Å². The second-order valence-corrected chi connectivity index (χ2v) is 5.33. The molecule has 19 heavy (non-hydrogen) atoms. The molecule has 0 aliphatic rings. The second kappa shape index (κ2) is 4.30. The fraction of sp³-hybridized carbons (Fsp3) is 0.455. The third-order valence-electron chi connectivity index (χ3n) is 2.93. The highest BCUT2D eigenvalue weighted by atomic mass is 32.1. The highest BCUT2D eigenvalue weighted by molar-refractivity contribution is 7.22. The summed E-state index contributed by atoms with van der Waals surface area (Å²) in [5, 5.41) is 12.6. The van der Waals surface area contributed by atoms with Gasteiger partial charge in [0, 0.05) is 20.5 Å². The Morgan fingerprint density at radius 1 is 1.16 bits per heavy atom. The van der Waals surface area contributed by atoms with Gasteiger partial charge >= 0.3 is 0 Å². The molecule has 0 saturated carbocycles. The topological polar surface area (TPSA) is 73.5 Å². The second-order valence-electron chi connectivity index (χ2n) is 4.33. The number of aromatic nitrogens is 6. The van der Waals surface area contributed by atoms with Crippen molar-refractivity contribution < 1.29 is 0 Å². The van der Waals surface area contributed by atoms with Crippen molar-refractivity contribution in [2.24, 2.45) is 14.1 Å². The molecule has 8 heteroatoms. The van der Waals surface area contributed by atoms with Crippen LogP contribution in [0.3, 0.4) is 0 Å². The molecule has 3 aromatic heterocycles. The summed E-state index contributed by atoms with van der Waals surface area (Å²) in [6.45, 7) is 4.04. The van der Waals surface area contributed by atoms with E-state index in [0.29, 0.717) is 5.95 Å². The van der Waals surface area contributed by atoms with E-state index >= 15 is 0 Å². The summed E-state index contributed by atoms with van der Waals surface area (Å²) in [5.41, 5.74) is 1.88. The average Bonchev–Trinajstić information content (AvgIpc) is 2.99. The average molecular weight is 277 g/mol. The Morgan fingerprint density at radius 3 is 2.58 bits per heavy atom. The number of nitrogens with zero attached hydrogens (tertiary/aromatic N) is 6. The SMILES string of the molecule is CCc1nc(Nc2nc3c(s2)c(C)nn3C)nn1C. The van der Waals surface area contributed by atoms with Crippen LogP contribution in [0.25, 0.3) is 10.3 Å². The number of thiazole rings is 1. The van der Waals surface area contributed by atoms with E-state index in [0.717, 1.165) is 33.4 Å². The molecule has 0 saturated heterocycles. The van der Waals surface area contributed by atoms with E-state index < -0.39 is 0 Å². The Bertz CT molecular complexity index is 701. The molecule has 0 bridgehead atoms. The normalized spacial score (nSPS) is 11.4. The lowest BCUT2D eigenvalue weighted by atomic mass is 10.5. The molecule has 0 aliphatic carbocycles. The zero-order valence-corrected chi connectivity index (χ0v) is 12.1. The Labute approximate surface area is 114 Å². The smallest absolute Gasteiger partial charge is 0.248 e. The molecule has 0 amide bonds. The number of fused-ring (bicyclic) bond motifs is 1. The molecule has 100 valence electrons. The molecule has 0 aliphatic heterocycles. The first kappa shape index (κ1) is 12.1. The Hall–Kier alpha value is -1.96. The minimum Gasteiger partial charge on any atom is -0.299 e. The van der Waals surface area contributed by atoms with Gasteiger partial charge in [-0.2, -0.15) is 15.1 Å². The molecule has 0 atom stereocenters. The van der Waals surface area contributed by atoms with Crippen molar-refractivity contribution in [2.75, 3.05) is 5.32 Å². The van der Waals surface area contributed by atoms with Crippen LogP contribution in [0.5, 0.6) is 0 Å². The van der Waals surface area contributed by atoms with Crippen molar-refractivity contribution in [1.82, 2.24) is 29.5 Å². The minimum atomic E-state index is 0.587. The van der Waals surface area contributed by atoms with Crippen LogP contribution < -0.4 is 5.32 Å². The van der Waals surface area contributed by atoms with Crippen molar-refractivity contribution in [3.8, 4) is 0 Å². The summed E-state index contributed by atoms with van der Waals surface area (Å²) in [5.74, 6) is 1.53. The van der Waals surface area contributed by atoms with Crippen molar-refractivity contribution in [3.63, 3.8) is 0 Å². The van der Waals surface area contributed by atoms with Crippen LogP contribution >= 0.6 is 11.3 Å². The van der Waals surface area contributed by atoms with Gasteiger partial charge in [-0.15, -0.1) is 5.10 Å². The fourth-order valence-electron chi connectivity index (χ4n) is 2.01. The maximum absolute atomic E-state index is 4.51. The van der Waals surface area contributed by atoms with Gasteiger partial charge in [0.1, 0.15) is 5.82 Å². The standard InChI is InChI=1S/C11H15N7S/c1-5-7-12-10(16-17(7)3)14-11-13-9-8(19-11)6(2)15-18(9)4/h5H2,1-4H3,(H,13,14,16). The molecular formula is C11H15N7S. The van der Waals surface area contributed by atoms with Crippen molar-refractivity contribution in [2.45, 2.75) is 20.3 Å². The van der Waals surface area contributed by atoms with Gasteiger partial charge in [0.05, 0.1) is 10.4 Å². The van der Waals surface area contributed by atoms with Gasteiger partial charge in [-0.1, -0.05) is 18.3 Å². The van der Waals surface area contributed by atoms with Crippen LogP contribution in [-0.4, -0.2) is 29.5 Å². The van der Waals surface area contributed by atoms with Gasteiger partial charge < -0.3 is 0 Å². The number of anilines is 2. The maximum atomic E-state index is 4.51. The van der Waals surface area contributed by atoms with Crippen LogP contribution in [-0.2, 0) is 20.5 Å². The van der Waals surface area contributed by atoms with Gasteiger partial charge in [-0.25, -0.2) is 4.68 Å². The lowest BCUT2D eigenvalue weighted by molar-refractivity contribution is 0.710. The third-order valence-corrected chi connectivity index (χ3v) is 4.00. The van der Waals surface area contributed by atoms with Crippen molar-refractivity contribution in [1.29, 1.82) is 0 Å². The quantitative estimate of drug-likeness (QED) is 0.790. The monoisotopic (exact) mass is 277 g/mol. The molecule has 3 aromatic rings. The lowest BCUT2D eigenvalue weighted by Crippen LogP contribution is -1.97. The van der Waals surface area contributed by atoms with Crippen LogP contribution in [0, 0.1) is 6.92 Å².